The number of benzene rings is 7. The van der Waals surface area contributed by atoms with E-state index in [1.807, 2.05) is 36.4 Å². The fourth-order valence-corrected chi connectivity index (χ4v) is 8.08. The molecule has 9 aromatic rings. The Balaban J connectivity index is 1.11. The first-order valence-corrected chi connectivity index (χ1v) is 17.4. The zero-order valence-electron chi connectivity index (χ0n) is 28.0. The lowest BCUT2D eigenvalue weighted by molar-refractivity contribution is 0.670. The maximum atomic E-state index is 6.44. The van der Waals surface area contributed by atoms with Crippen LogP contribution in [0.5, 0.6) is 0 Å². The van der Waals surface area contributed by atoms with Gasteiger partial charge in [0.05, 0.1) is 11.4 Å². The number of hydrogen-bond acceptors (Lipinski definition) is 3. The van der Waals surface area contributed by atoms with Gasteiger partial charge in [0.2, 0.25) is 0 Å². The molecule has 0 amide bonds. The van der Waals surface area contributed by atoms with Crippen molar-refractivity contribution in [2.24, 2.45) is 0 Å². The SMILES string of the molecule is CC1(c2ccccc2)c2ccccc2-c2c(-c3ccc(-c4cc(-c5cccc6c5oc5ccccc56)nc(-c5ccccc5)n4)cc3)cccc21. The van der Waals surface area contributed by atoms with E-state index < -0.39 is 0 Å². The molecule has 3 heteroatoms. The summed E-state index contributed by atoms with van der Waals surface area (Å²) in [4.78, 5) is 10.2. The molecule has 1 atom stereocenters. The van der Waals surface area contributed by atoms with Crippen LogP contribution in [0.1, 0.15) is 23.6 Å². The Morgan fingerprint density at radius 3 is 1.90 bits per heavy atom. The summed E-state index contributed by atoms with van der Waals surface area (Å²) in [6.07, 6.45) is 0. The van der Waals surface area contributed by atoms with Gasteiger partial charge >= 0.3 is 0 Å². The van der Waals surface area contributed by atoms with E-state index in [1.54, 1.807) is 0 Å². The molecule has 7 aromatic carbocycles. The topological polar surface area (TPSA) is 38.9 Å². The van der Waals surface area contributed by atoms with Crippen LogP contribution >= 0.6 is 0 Å². The maximum absolute atomic E-state index is 6.44. The predicted octanol–water partition coefficient (Wildman–Crippen LogP) is 12.4. The molecule has 0 fully saturated rings. The summed E-state index contributed by atoms with van der Waals surface area (Å²) in [7, 11) is 0. The van der Waals surface area contributed by atoms with E-state index in [4.69, 9.17) is 14.4 Å². The second-order valence-corrected chi connectivity index (χ2v) is 13.5. The number of para-hydroxylation sites is 2. The first kappa shape index (κ1) is 29.3. The smallest absolute Gasteiger partial charge is 0.160 e. The van der Waals surface area contributed by atoms with E-state index >= 15 is 0 Å². The lowest BCUT2D eigenvalue weighted by Crippen LogP contribution is -2.22. The number of aromatic nitrogens is 2. The van der Waals surface area contributed by atoms with E-state index in [0.29, 0.717) is 5.82 Å². The Kier molecular flexibility index (Phi) is 6.62. The van der Waals surface area contributed by atoms with Crippen LogP contribution in [0, 0.1) is 0 Å². The Hall–Kier alpha value is -6.58. The highest BCUT2D eigenvalue weighted by Gasteiger charge is 2.41. The molecule has 0 aliphatic heterocycles. The number of nitrogens with zero attached hydrogens (tertiary/aromatic N) is 2. The summed E-state index contributed by atoms with van der Waals surface area (Å²) in [6.45, 7) is 2.36. The first-order valence-electron chi connectivity index (χ1n) is 17.4. The number of furan rings is 1. The van der Waals surface area contributed by atoms with Crippen molar-refractivity contribution in [1.82, 2.24) is 9.97 Å². The van der Waals surface area contributed by atoms with Gasteiger partial charge in [-0.3, -0.25) is 0 Å². The molecule has 0 bridgehead atoms. The predicted molar refractivity (Wildman–Crippen MR) is 208 cm³/mol. The van der Waals surface area contributed by atoms with E-state index in [9.17, 15) is 0 Å². The van der Waals surface area contributed by atoms with Gasteiger partial charge in [-0.25, -0.2) is 9.97 Å². The van der Waals surface area contributed by atoms with Crippen LogP contribution in [0.2, 0.25) is 0 Å². The lowest BCUT2D eigenvalue weighted by atomic mass is 9.74. The van der Waals surface area contributed by atoms with Gasteiger partial charge in [0, 0.05) is 32.9 Å². The highest BCUT2D eigenvalue weighted by Crippen LogP contribution is 2.55. The molecule has 0 N–H and O–H groups in total. The average Bonchev–Trinajstić information content (AvgIpc) is 3.72. The molecule has 240 valence electrons. The normalized spacial score (nSPS) is 14.8. The van der Waals surface area contributed by atoms with E-state index in [0.717, 1.165) is 50.0 Å². The fraction of sp³-hybridized carbons (Fsp3) is 0.0417. The minimum atomic E-state index is -0.239. The second kappa shape index (κ2) is 11.5. The van der Waals surface area contributed by atoms with Gasteiger partial charge in [0.1, 0.15) is 11.2 Å². The van der Waals surface area contributed by atoms with Crippen molar-refractivity contribution < 1.29 is 4.42 Å². The molecule has 1 unspecified atom stereocenters. The Labute approximate surface area is 296 Å². The van der Waals surface area contributed by atoms with Crippen molar-refractivity contribution in [3.8, 4) is 56.2 Å². The monoisotopic (exact) mass is 652 g/mol. The molecule has 2 aromatic heterocycles. The summed E-state index contributed by atoms with van der Waals surface area (Å²) in [5, 5.41) is 2.18. The van der Waals surface area contributed by atoms with Crippen LogP contribution in [-0.2, 0) is 5.41 Å². The van der Waals surface area contributed by atoms with Gasteiger partial charge in [-0.2, -0.15) is 0 Å². The van der Waals surface area contributed by atoms with Crippen LogP contribution in [0.25, 0.3) is 78.1 Å². The molecule has 1 aliphatic carbocycles. The van der Waals surface area contributed by atoms with Gasteiger partial charge in [-0.05, 0) is 64.1 Å². The van der Waals surface area contributed by atoms with Crippen molar-refractivity contribution in [3.63, 3.8) is 0 Å². The first-order chi connectivity index (χ1) is 25.2. The average molecular weight is 653 g/mol. The number of rotatable bonds is 5. The second-order valence-electron chi connectivity index (χ2n) is 13.5. The lowest BCUT2D eigenvalue weighted by Gasteiger charge is -2.28. The van der Waals surface area contributed by atoms with Crippen LogP contribution in [-0.4, -0.2) is 9.97 Å². The van der Waals surface area contributed by atoms with Gasteiger partial charge in [0.15, 0.2) is 5.82 Å². The van der Waals surface area contributed by atoms with Crippen LogP contribution in [0.15, 0.2) is 180 Å². The van der Waals surface area contributed by atoms with Crippen molar-refractivity contribution >= 4 is 21.9 Å². The van der Waals surface area contributed by atoms with Crippen LogP contribution in [0.4, 0.5) is 0 Å². The largest absolute Gasteiger partial charge is 0.455 e. The molecule has 51 heavy (non-hydrogen) atoms. The molecular weight excluding hydrogens is 621 g/mol. The van der Waals surface area contributed by atoms with Gasteiger partial charge in [0.25, 0.3) is 0 Å². The number of fused-ring (bicyclic) bond motifs is 6. The van der Waals surface area contributed by atoms with Crippen molar-refractivity contribution in [2.75, 3.05) is 0 Å². The molecule has 1 aliphatic rings. The number of hydrogen-bond donors (Lipinski definition) is 0. The van der Waals surface area contributed by atoms with Crippen molar-refractivity contribution in [2.45, 2.75) is 12.3 Å². The molecule has 0 radical (unpaired) electrons. The standard InChI is InChI=1S/C48H32N2O/c1-48(34-16-6-3-7-17-34)40-23-10-8-19-38(40)45-35(20-13-24-41(45)48)31-26-28-32(29-27-31)42-30-43(50-47(49-42)33-14-4-2-5-15-33)39-22-12-21-37-36-18-9-11-25-44(36)51-46(37)39/h2-30H,1H3. The third kappa shape index (κ3) is 4.59. The summed E-state index contributed by atoms with van der Waals surface area (Å²) in [5.41, 5.74) is 15.1. The zero-order chi connectivity index (χ0) is 33.9. The molecule has 0 saturated heterocycles. The third-order valence-electron chi connectivity index (χ3n) is 10.6. The summed E-state index contributed by atoms with van der Waals surface area (Å²) < 4.78 is 6.44. The molecule has 0 spiro atoms. The molecular formula is C48H32N2O. The van der Waals surface area contributed by atoms with Crippen LogP contribution < -0.4 is 0 Å². The Morgan fingerprint density at radius 2 is 1.06 bits per heavy atom. The Morgan fingerprint density at radius 1 is 0.451 bits per heavy atom. The molecule has 2 heterocycles. The highest BCUT2D eigenvalue weighted by molar-refractivity contribution is 6.09. The summed E-state index contributed by atoms with van der Waals surface area (Å²) in [5.74, 6) is 0.679. The minimum Gasteiger partial charge on any atom is -0.455 e. The van der Waals surface area contributed by atoms with Gasteiger partial charge < -0.3 is 4.42 Å². The Bertz CT molecular complexity index is 2750. The minimum absolute atomic E-state index is 0.239. The molecule has 10 rings (SSSR count). The molecule has 3 nitrogen and oxygen atoms in total. The quantitative estimate of drug-likeness (QED) is 0.186. The van der Waals surface area contributed by atoms with Crippen LogP contribution in [0.3, 0.4) is 0 Å². The van der Waals surface area contributed by atoms with Gasteiger partial charge in [-0.1, -0.05) is 158 Å². The van der Waals surface area contributed by atoms with E-state index in [1.165, 1.54) is 38.9 Å². The van der Waals surface area contributed by atoms with Crippen molar-refractivity contribution in [1.29, 1.82) is 0 Å². The molecule has 0 saturated carbocycles. The van der Waals surface area contributed by atoms with E-state index in [2.05, 4.69) is 146 Å². The summed E-state index contributed by atoms with van der Waals surface area (Å²) >= 11 is 0. The zero-order valence-corrected chi connectivity index (χ0v) is 28.0. The van der Waals surface area contributed by atoms with E-state index in [-0.39, 0.29) is 5.41 Å². The third-order valence-corrected chi connectivity index (χ3v) is 10.6. The summed E-state index contributed by atoms with van der Waals surface area (Å²) in [6, 6.07) is 62.1. The fourth-order valence-electron chi connectivity index (χ4n) is 8.08. The maximum Gasteiger partial charge on any atom is 0.160 e. The van der Waals surface area contributed by atoms with Crippen molar-refractivity contribution in [3.05, 3.63) is 193 Å². The van der Waals surface area contributed by atoms with Gasteiger partial charge in [-0.15, -0.1) is 0 Å². The highest BCUT2D eigenvalue weighted by atomic mass is 16.3.